The van der Waals surface area contributed by atoms with Crippen LogP contribution in [0.15, 0.2) is 164 Å². The Morgan fingerprint density at radius 3 is 1.15 bits per heavy atom. The molecule has 2 aliphatic rings. The van der Waals surface area contributed by atoms with Crippen LogP contribution in [-0.2, 0) is 0 Å². The molecule has 0 saturated heterocycles. The van der Waals surface area contributed by atoms with Crippen molar-refractivity contribution in [2.24, 2.45) is 0 Å². The Hall–Kier alpha value is -7.24. The first kappa shape index (κ1) is 32.8. The topological polar surface area (TPSA) is 13.0 Å². The van der Waals surface area contributed by atoms with E-state index in [1.54, 1.807) is 0 Å². The third kappa shape index (κ3) is 4.34. The lowest BCUT2D eigenvalue weighted by Gasteiger charge is -2.45. The Labute approximate surface area is 343 Å². The van der Waals surface area contributed by atoms with E-state index in [0.717, 1.165) is 11.4 Å². The highest BCUT2D eigenvalue weighted by Crippen LogP contribution is 2.50. The summed E-state index contributed by atoms with van der Waals surface area (Å²) in [5.41, 5.74) is 13.7. The van der Waals surface area contributed by atoms with E-state index in [4.69, 9.17) is 0 Å². The van der Waals surface area contributed by atoms with Gasteiger partial charge in [0.1, 0.15) is 0 Å². The predicted octanol–water partition coefficient (Wildman–Crippen LogP) is 11.7. The molecule has 0 fully saturated rings. The average Bonchev–Trinajstić information content (AvgIpc) is 3.27. The molecule has 0 spiro atoms. The molecule has 0 radical (unpaired) electrons. The highest BCUT2D eigenvalue weighted by atomic mass is 15.2. The summed E-state index contributed by atoms with van der Waals surface area (Å²) in [6.45, 7) is -0.00960. The van der Waals surface area contributed by atoms with Crippen LogP contribution in [0.5, 0.6) is 0 Å². The van der Waals surface area contributed by atoms with Crippen LogP contribution in [0.2, 0.25) is 0 Å². The normalized spacial score (nSPS) is 13.3. The first-order valence-electron chi connectivity index (χ1n) is 20.6. The molecule has 59 heavy (non-hydrogen) atoms. The van der Waals surface area contributed by atoms with Crippen molar-refractivity contribution in [1.82, 2.24) is 0 Å². The van der Waals surface area contributed by atoms with Crippen LogP contribution < -0.4 is 36.0 Å². The minimum absolute atomic E-state index is 0.00960. The summed E-state index contributed by atoms with van der Waals surface area (Å²) >= 11 is 0. The van der Waals surface area contributed by atoms with Crippen LogP contribution in [0.3, 0.4) is 0 Å². The molecule has 0 aromatic heterocycles. The number of benzene rings is 11. The van der Waals surface area contributed by atoms with Gasteiger partial charge in [0.2, 0.25) is 0 Å². The van der Waals surface area contributed by atoms with E-state index >= 15 is 0 Å². The van der Waals surface area contributed by atoms with Gasteiger partial charge < -0.3 is 19.6 Å². The lowest BCUT2D eigenvalue weighted by Crippen LogP contribution is -2.61. The van der Waals surface area contributed by atoms with Gasteiger partial charge in [-0.3, -0.25) is 0 Å². The third-order valence-corrected chi connectivity index (χ3v) is 13.4. The Kier molecular flexibility index (Phi) is 6.49. The molecule has 5 heteroatoms. The zero-order valence-corrected chi connectivity index (χ0v) is 33.5. The zero-order valence-electron chi connectivity index (χ0n) is 33.5. The van der Waals surface area contributed by atoms with Crippen LogP contribution in [0.1, 0.15) is 0 Å². The number of nitrogens with zero attached hydrogens (tertiary/aromatic N) is 4. The maximum atomic E-state index is 2.57. The minimum atomic E-state index is -0.00960. The fraction of sp³-hybridized carbons (Fsp3) is 0.0741. The predicted molar refractivity (Wildman–Crippen MR) is 257 cm³/mol. The molecule has 0 atom stereocenters. The second kappa shape index (κ2) is 11.7. The van der Waals surface area contributed by atoms with Crippen LogP contribution in [-0.4, -0.2) is 34.9 Å². The van der Waals surface area contributed by atoms with Gasteiger partial charge in [0.05, 0.1) is 0 Å². The fourth-order valence-electron chi connectivity index (χ4n) is 10.9. The SMILES string of the molecule is CN(C)c1ccc(N2c3cccc4c3B(c3cc5ccc6cccc7ccc(c32)c5c67)c2cc3ccc5cccc6ccc(c2N4c2ccc(N(C)C)cc2)c3c56)cc1. The summed E-state index contributed by atoms with van der Waals surface area (Å²) in [7, 11) is 8.44. The van der Waals surface area contributed by atoms with Crippen LogP contribution in [0, 0.1) is 0 Å². The van der Waals surface area contributed by atoms with Crippen molar-refractivity contribution in [2.45, 2.75) is 0 Å². The van der Waals surface area contributed by atoms with E-state index < -0.39 is 0 Å². The summed E-state index contributed by atoms with van der Waals surface area (Å²) in [5.74, 6) is 0. The smallest absolute Gasteiger partial charge is 0.252 e. The van der Waals surface area contributed by atoms with Crippen molar-refractivity contribution in [1.29, 1.82) is 0 Å². The van der Waals surface area contributed by atoms with E-state index in [9.17, 15) is 0 Å². The molecule has 11 aromatic carbocycles. The van der Waals surface area contributed by atoms with E-state index in [2.05, 4.69) is 212 Å². The molecule has 11 aromatic rings. The van der Waals surface area contributed by atoms with Gasteiger partial charge in [0, 0.05) is 84.5 Å². The molecular formula is C54H39BN4. The summed E-state index contributed by atoms with van der Waals surface area (Å²) in [4.78, 5) is 9.49. The fourth-order valence-corrected chi connectivity index (χ4v) is 10.9. The van der Waals surface area contributed by atoms with Gasteiger partial charge in [-0.15, -0.1) is 0 Å². The Morgan fingerprint density at radius 2 is 0.746 bits per heavy atom. The van der Waals surface area contributed by atoms with E-state index in [0.29, 0.717) is 0 Å². The average molecular weight is 755 g/mol. The van der Waals surface area contributed by atoms with Crippen molar-refractivity contribution < 1.29 is 0 Å². The summed E-state index contributed by atoms with van der Waals surface area (Å²) in [6, 6.07) is 62.5. The maximum Gasteiger partial charge on any atom is 0.252 e. The number of hydrogen-bond donors (Lipinski definition) is 0. The maximum absolute atomic E-state index is 2.57. The van der Waals surface area contributed by atoms with Crippen molar-refractivity contribution in [2.75, 3.05) is 47.8 Å². The summed E-state index contributed by atoms with van der Waals surface area (Å²) in [6.07, 6.45) is 0. The van der Waals surface area contributed by atoms with E-state index in [1.807, 2.05) is 0 Å². The van der Waals surface area contributed by atoms with Gasteiger partial charge in [-0.2, -0.15) is 0 Å². The minimum Gasteiger partial charge on any atom is -0.378 e. The monoisotopic (exact) mass is 754 g/mol. The molecule has 4 nitrogen and oxygen atoms in total. The molecule has 2 aliphatic heterocycles. The summed E-state index contributed by atoms with van der Waals surface area (Å²) in [5, 5.41) is 15.6. The standard InChI is InChI=1S/C54H39BN4/c1-56(2)38-20-24-40(25-21-38)58-46-12-7-13-47-52(46)55(44-30-36-16-14-32-8-5-10-34-18-28-42(53(44)58)50(36)48(32)34)45-31-37-17-15-33-9-6-11-35-19-29-43(51(37)49(33)35)54(45)59(47)41-26-22-39(23-27-41)57(3)4/h5-31H,1-4H3. The molecule has 2 heterocycles. The van der Waals surface area contributed by atoms with Gasteiger partial charge in [0.25, 0.3) is 6.71 Å². The zero-order chi connectivity index (χ0) is 39.3. The van der Waals surface area contributed by atoms with E-state index in [-0.39, 0.29) is 6.71 Å². The second-order valence-electron chi connectivity index (χ2n) is 17.0. The van der Waals surface area contributed by atoms with E-state index in [1.165, 1.54) is 115 Å². The second-order valence-corrected chi connectivity index (χ2v) is 17.0. The van der Waals surface area contributed by atoms with Crippen LogP contribution in [0.4, 0.5) is 45.5 Å². The van der Waals surface area contributed by atoms with Gasteiger partial charge >= 0.3 is 0 Å². The molecule has 0 bridgehead atoms. The molecular weight excluding hydrogens is 715 g/mol. The number of fused-ring (bicyclic) bond motifs is 6. The lowest BCUT2D eigenvalue weighted by atomic mass is 9.33. The molecule has 278 valence electrons. The largest absolute Gasteiger partial charge is 0.378 e. The Balaban J connectivity index is 1.20. The highest BCUT2D eigenvalue weighted by molar-refractivity contribution is 7.01. The number of anilines is 8. The summed E-state index contributed by atoms with van der Waals surface area (Å²) < 4.78 is 0. The van der Waals surface area contributed by atoms with Gasteiger partial charge in [-0.1, -0.05) is 103 Å². The first-order valence-corrected chi connectivity index (χ1v) is 20.6. The van der Waals surface area contributed by atoms with Gasteiger partial charge in [-0.25, -0.2) is 0 Å². The quantitative estimate of drug-likeness (QED) is 0.131. The number of rotatable bonds is 4. The molecule has 0 N–H and O–H groups in total. The van der Waals surface area contributed by atoms with Crippen LogP contribution in [0.25, 0.3) is 64.6 Å². The lowest BCUT2D eigenvalue weighted by molar-refractivity contribution is 1.13. The van der Waals surface area contributed by atoms with Crippen molar-refractivity contribution in [3.63, 3.8) is 0 Å². The molecule has 0 saturated carbocycles. The Bertz CT molecular complexity index is 3260. The van der Waals surface area contributed by atoms with Crippen molar-refractivity contribution in [3.8, 4) is 0 Å². The molecule has 0 amide bonds. The number of hydrogen-bond acceptors (Lipinski definition) is 4. The van der Waals surface area contributed by atoms with Crippen molar-refractivity contribution in [3.05, 3.63) is 164 Å². The third-order valence-electron chi connectivity index (χ3n) is 13.4. The Morgan fingerprint density at radius 1 is 0.373 bits per heavy atom. The molecule has 0 aliphatic carbocycles. The van der Waals surface area contributed by atoms with Crippen LogP contribution >= 0.6 is 0 Å². The highest BCUT2D eigenvalue weighted by Gasteiger charge is 2.45. The van der Waals surface area contributed by atoms with Gasteiger partial charge in [-0.05, 0) is 131 Å². The molecule has 0 unspecified atom stereocenters. The first-order chi connectivity index (χ1) is 28.9. The van der Waals surface area contributed by atoms with Crippen molar-refractivity contribution >= 4 is 133 Å². The van der Waals surface area contributed by atoms with Gasteiger partial charge in [0.15, 0.2) is 0 Å². The molecule has 13 rings (SSSR count).